The molecule has 3 N–H and O–H groups in total. The summed E-state index contributed by atoms with van der Waals surface area (Å²) in [6.45, 7) is 5.65. The summed E-state index contributed by atoms with van der Waals surface area (Å²) in [5.41, 5.74) is 3.94. The van der Waals surface area contributed by atoms with Crippen LogP contribution in [0.5, 0.6) is 0 Å². The number of para-hydroxylation sites is 1. The molecule has 0 aliphatic carbocycles. The van der Waals surface area contributed by atoms with Gasteiger partial charge in [0.25, 0.3) is 5.91 Å². The molecule has 148 valence electrons. The quantitative estimate of drug-likeness (QED) is 0.545. The number of pyridine rings is 1. The van der Waals surface area contributed by atoms with E-state index >= 15 is 0 Å². The van der Waals surface area contributed by atoms with Crippen LogP contribution in [0.1, 0.15) is 42.6 Å². The number of hydrogen-bond donors (Lipinski definition) is 3. The topological polar surface area (TPSA) is 83.1 Å². The van der Waals surface area contributed by atoms with Crippen molar-refractivity contribution in [3.05, 3.63) is 78.0 Å². The van der Waals surface area contributed by atoms with E-state index in [4.69, 9.17) is 0 Å². The van der Waals surface area contributed by atoms with Crippen LogP contribution in [0.4, 0.5) is 22.9 Å². The summed E-state index contributed by atoms with van der Waals surface area (Å²) in [5.74, 6) is 0.624. The summed E-state index contributed by atoms with van der Waals surface area (Å²) < 4.78 is 0. The summed E-state index contributed by atoms with van der Waals surface area (Å²) in [6, 6.07) is 18.6. The molecule has 0 saturated heterocycles. The van der Waals surface area contributed by atoms with Crippen molar-refractivity contribution in [1.82, 2.24) is 4.98 Å². The number of carbonyl (C=O) groups is 2. The monoisotopic (exact) mass is 388 g/mol. The first kappa shape index (κ1) is 20.1. The lowest BCUT2D eigenvalue weighted by molar-refractivity contribution is -0.114. The molecule has 2 aromatic carbocycles. The second-order valence-electron chi connectivity index (χ2n) is 7.01. The summed E-state index contributed by atoms with van der Waals surface area (Å²) in [6.07, 6.45) is 1.54. The zero-order valence-corrected chi connectivity index (χ0v) is 16.7. The van der Waals surface area contributed by atoms with Gasteiger partial charge in [0.15, 0.2) is 0 Å². The van der Waals surface area contributed by atoms with Gasteiger partial charge in [0.05, 0.1) is 5.56 Å². The normalized spacial score (nSPS) is 10.5. The number of amides is 2. The van der Waals surface area contributed by atoms with Crippen LogP contribution in [0, 0.1) is 0 Å². The molecular formula is C23H24N4O2. The van der Waals surface area contributed by atoms with Gasteiger partial charge < -0.3 is 16.0 Å². The van der Waals surface area contributed by atoms with Crippen LogP contribution in [0.3, 0.4) is 0 Å². The Kier molecular flexibility index (Phi) is 6.24. The molecule has 3 aromatic rings. The lowest BCUT2D eigenvalue weighted by Gasteiger charge is -2.13. The van der Waals surface area contributed by atoms with Gasteiger partial charge in [-0.25, -0.2) is 4.98 Å². The van der Waals surface area contributed by atoms with Crippen LogP contribution in [-0.4, -0.2) is 16.8 Å². The molecule has 0 spiro atoms. The predicted molar refractivity (Wildman–Crippen MR) is 117 cm³/mol. The molecule has 0 aliphatic rings. The Labute approximate surface area is 170 Å². The second kappa shape index (κ2) is 9.01. The Hall–Kier alpha value is -3.67. The van der Waals surface area contributed by atoms with Crippen LogP contribution < -0.4 is 16.0 Å². The third kappa shape index (κ3) is 5.42. The Balaban J connectivity index is 1.65. The van der Waals surface area contributed by atoms with Crippen molar-refractivity contribution < 1.29 is 9.59 Å². The first-order valence-corrected chi connectivity index (χ1v) is 9.43. The highest BCUT2D eigenvalue weighted by molar-refractivity contribution is 6.04. The van der Waals surface area contributed by atoms with Gasteiger partial charge in [-0.1, -0.05) is 32.0 Å². The molecule has 3 rings (SSSR count). The minimum atomic E-state index is -0.197. The number of nitrogens with zero attached hydrogens (tertiary/aromatic N) is 1. The Morgan fingerprint density at radius 3 is 2.17 bits per heavy atom. The largest absolute Gasteiger partial charge is 0.340 e. The van der Waals surface area contributed by atoms with E-state index in [0.29, 0.717) is 17.3 Å². The molecule has 29 heavy (non-hydrogen) atoms. The van der Waals surface area contributed by atoms with Crippen LogP contribution in [-0.2, 0) is 4.79 Å². The standard InChI is InChI=1S/C23H24N4O2/c1-15(2)20-6-4-5-7-21(20)27-23(29)17-8-13-22(24-14-17)26-19-11-9-18(10-12-19)25-16(3)28/h4-15H,1-3H3,(H,24,26)(H,25,28)(H,27,29). The highest BCUT2D eigenvalue weighted by Gasteiger charge is 2.11. The summed E-state index contributed by atoms with van der Waals surface area (Å²) in [7, 11) is 0. The molecule has 0 fully saturated rings. The number of benzene rings is 2. The van der Waals surface area contributed by atoms with Gasteiger partial charge >= 0.3 is 0 Å². The van der Waals surface area contributed by atoms with E-state index in [1.54, 1.807) is 30.5 Å². The van der Waals surface area contributed by atoms with E-state index in [-0.39, 0.29) is 11.8 Å². The van der Waals surface area contributed by atoms with Crippen molar-refractivity contribution in [2.45, 2.75) is 26.7 Å². The van der Waals surface area contributed by atoms with Crippen molar-refractivity contribution in [2.24, 2.45) is 0 Å². The van der Waals surface area contributed by atoms with E-state index in [1.165, 1.54) is 6.92 Å². The molecular weight excluding hydrogens is 364 g/mol. The Morgan fingerprint density at radius 2 is 1.55 bits per heavy atom. The number of nitrogens with one attached hydrogen (secondary N) is 3. The molecule has 0 aliphatic heterocycles. The minimum absolute atomic E-state index is 0.114. The number of rotatable bonds is 6. The smallest absolute Gasteiger partial charge is 0.257 e. The van der Waals surface area contributed by atoms with Gasteiger partial charge in [-0.05, 0) is 53.9 Å². The fourth-order valence-corrected chi connectivity index (χ4v) is 2.90. The first-order chi connectivity index (χ1) is 13.9. The summed E-state index contributed by atoms with van der Waals surface area (Å²) in [5, 5.41) is 8.85. The highest BCUT2D eigenvalue weighted by Crippen LogP contribution is 2.24. The fraction of sp³-hybridized carbons (Fsp3) is 0.174. The molecule has 0 radical (unpaired) electrons. The third-order valence-corrected chi connectivity index (χ3v) is 4.33. The van der Waals surface area contributed by atoms with Crippen molar-refractivity contribution in [3.8, 4) is 0 Å². The van der Waals surface area contributed by atoms with Gasteiger partial charge in [-0.3, -0.25) is 9.59 Å². The first-order valence-electron chi connectivity index (χ1n) is 9.43. The summed E-state index contributed by atoms with van der Waals surface area (Å²) in [4.78, 5) is 28.0. The van der Waals surface area contributed by atoms with Crippen LogP contribution in [0.25, 0.3) is 0 Å². The maximum Gasteiger partial charge on any atom is 0.257 e. The van der Waals surface area contributed by atoms with E-state index in [2.05, 4.69) is 34.8 Å². The maximum absolute atomic E-state index is 12.6. The molecule has 1 heterocycles. The Morgan fingerprint density at radius 1 is 0.862 bits per heavy atom. The van der Waals surface area contributed by atoms with Gasteiger partial charge in [0.1, 0.15) is 5.82 Å². The van der Waals surface area contributed by atoms with E-state index in [9.17, 15) is 9.59 Å². The fourth-order valence-electron chi connectivity index (χ4n) is 2.90. The molecule has 0 atom stereocenters. The molecule has 6 heteroatoms. The van der Waals surface area contributed by atoms with E-state index < -0.39 is 0 Å². The van der Waals surface area contributed by atoms with Gasteiger partial charge in [0, 0.05) is 30.2 Å². The SMILES string of the molecule is CC(=O)Nc1ccc(Nc2ccc(C(=O)Nc3ccccc3C(C)C)cn2)cc1. The van der Waals surface area contributed by atoms with E-state index in [0.717, 1.165) is 22.6 Å². The second-order valence-corrected chi connectivity index (χ2v) is 7.01. The van der Waals surface area contributed by atoms with Crippen molar-refractivity contribution in [3.63, 3.8) is 0 Å². The van der Waals surface area contributed by atoms with Gasteiger partial charge in [0.2, 0.25) is 5.91 Å². The lowest BCUT2D eigenvalue weighted by atomic mass is 10.0. The van der Waals surface area contributed by atoms with Crippen molar-refractivity contribution >= 4 is 34.7 Å². The predicted octanol–water partition coefficient (Wildman–Crippen LogP) is 5.16. The minimum Gasteiger partial charge on any atom is -0.340 e. The van der Waals surface area contributed by atoms with Crippen LogP contribution >= 0.6 is 0 Å². The molecule has 0 bridgehead atoms. The Bertz CT molecular complexity index is 996. The number of hydrogen-bond acceptors (Lipinski definition) is 4. The third-order valence-electron chi connectivity index (χ3n) is 4.33. The average Bonchev–Trinajstić information content (AvgIpc) is 2.70. The molecule has 0 unspecified atom stereocenters. The lowest BCUT2D eigenvalue weighted by Crippen LogP contribution is -2.14. The van der Waals surface area contributed by atoms with Crippen LogP contribution in [0.2, 0.25) is 0 Å². The number of carbonyl (C=O) groups excluding carboxylic acids is 2. The number of anilines is 4. The van der Waals surface area contributed by atoms with Crippen molar-refractivity contribution in [1.29, 1.82) is 0 Å². The maximum atomic E-state index is 12.6. The highest BCUT2D eigenvalue weighted by atomic mass is 16.2. The van der Waals surface area contributed by atoms with Gasteiger partial charge in [-0.15, -0.1) is 0 Å². The zero-order chi connectivity index (χ0) is 20.8. The molecule has 2 amide bonds. The number of aromatic nitrogens is 1. The van der Waals surface area contributed by atoms with Crippen LogP contribution in [0.15, 0.2) is 66.9 Å². The average molecular weight is 388 g/mol. The van der Waals surface area contributed by atoms with Gasteiger partial charge in [-0.2, -0.15) is 0 Å². The summed E-state index contributed by atoms with van der Waals surface area (Å²) >= 11 is 0. The van der Waals surface area contributed by atoms with Crippen molar-refractivity contribution in [2.75, 3.05) is 16.0 Å². The molecule has 6 nitrogen and oxygen atoms in total. The zero-order valence-electron chi connectivity index (χ0n) is 16.7. The molecule has 1 aromatic heterocycles. The van der Waals surface area contributed by atoms with E-state index in [1.807, 2.05) is 36.4 Å². The molecule has 0 saturated carbocycles.